The van der Waals surface area contributed by atoms with Gasteiger partial charge in [0.2, 0.25) is 0 Å². The number of carbonyl (C=O) groups is 1. The van der Waals surface area contributed by atoms with Gasteiger partial charge in [0.05, 0.1) is 15.5 Å². The molecular weight excluding hydrogens is 280 g/mol. The third-order valence-corrected chi connectivity index (χ3v) is 3.44. The zero-order chi connectivity index (χ0) is 14.5. The number of hydrogen-bond acceptors (Lipinski definition) is 6. The minimum absolute atomic E-state index is 0.125. The van der Waals surface area contributed by atoms with E-state index in [0.29, 0.717) is 5.71 Å². The molecule has 2 aromatic rings. The molecule has 102 valence electrons. The lowest BCUT2D eigenvalue weighted by Gasteiger charge is -2.00. The Morgan fingerprint density at radius 2 is 2.05 bits per heavy atom. The van der Waals surface area contributed by atoms with Crippen LogP contribution in [0.25, 0.3) is 0 Å². The summed E-state index contributed by atoms with van der Waals surface area (Å²) in [4.78, 5) is 27.6. The van der Waals surface area contributed by atoms with Gasteiger partial charge in [0, 0.05) is 6.07 Å². The predicted molar refractivity (Wildman–Crippen MR) is 75.0 cm³/mol. The van der Waals surface area contributed by atoms with E-state index in [1.165, 1.54) is 35.6 Å². The van der Waals surface area contributed by atoms with Crippen molar-refractivity contribution in [3.63, 3.8) is 0 Å². The van der Waals surface area contributed by atoms with Crippen LogP contribution in [0.3, 0.4) is 0 Å². The molecule has 2 rings (SSSR count). The van der Waals surface area contributed by atoms with Gasteiger partial charge in [0.1, 0.15) is 5.56 Å². The number of hydrogen-bond donors (Lipinski definition) is 0. The van der Waals surface area contributed by atoms with Crippen molar-refractivity contribution in [1.29, 1.82) is 0 Å². The summed E-state index contributed by atoms with van der Waals surface area (Å²) in [5.41, 5.74) is 0.105. The fraction of sp³-hybridized carbons (Fsp3) is 0.0769. The van der Waals surface area contributed by atoms with Crippen molar-refractivity contribution < 1.29 is 14.6 Å². The number of oxime groups is 1. The third-order valence-electron chi connectivity index (χ3n) is 2.46. The zero-order valence-electron chi connectivity index (χ0n) is 10.5. The minimum atomic E-state index is -0.854. The van der Waals surface area contributed by atoms with Crippen LogP contribution in [0, 0.1) is 10.1 Å². The first-order valence-electron chi connectivity index (χ1n) is 5.63. The van der Waals surface area contributed by atoms with Crippen LogP contribution in [0.5, 0.6) is 0 Å². The highest BCUT2D eigenvalue weighted by Crippen LogP contribution is 2.19. The molecule has 6 nitrogen and oxygen atoms in total. The average Bonchev–Trinajstić information content (AvgIpc) is 2.98. The molecule has 0 radical (unpaired) electrons. The summed E-state index contributed by atoms with van der Waals surface area (Å²) in [5, 5.41) is 16.4. The van der Waals surface area contributed by atoms with E-state index in [2.05, 4.69) is 5.16 Å². The Bertz CT molecular complexity index is 665. The van der Waals surface area contributed by atoms with Gasteiger partial charge < -0.3 is 4.84 Å². The second kappa shape index (κ2) is 6.07. The molecule has 0 saturated heterocycles. The standard InChI is InChI=1S/C13H10N2O4S/c1-9(12-7-4-8-20-12)14-19-13(16)10-5-2-3-6-11(10)15(17)18/h2-8H,1H3/b14-9+. The summed E-state index contributed by atoms with van der Waals surface area (Å²) in [6, 6.07) is 9.27. The van der Waals surface area contributed by atoms with Crippen molar-refractivity contribution in [1.82, 2.24) is 0 Å². The number of benzene rings is 1. The van der Waals surface area contributed by atoms with E-state index in [4.69, 9.17) is 4.84 Å². The van der Waals surface area contributed by atoms with Gasteiger partial charge in [-0.25, -0.2) is 4.79 Å². The maximum Gasteiger partial charge on any atom is 0.372 e. The Labute approximate surface area is 118 Å². The van der Waals surface area contributed by atoms with E-state index in [1.807, 2.05) is 17.5 Å². The topological polar surface area (TPSA) is 81.8 Å². The molecule has 0 fully saturated rings. The lowest BCUT2D eigenvalue weighted by molar-refractivity contribution is -0.385. The maximum atomic E-state index is 11.8. The highest BCUT2D eigenvalue weighted by Gasteiger charge is 2.20. The van der Waals surface area contributed by atoms with Gasteiger partial charge in [-0.05, 0) is 24.4 Å². The van der Waals surface area contributed by atoms with Gasteiger partial charge >= 0.3 is 5.97 Å². The number of thiophene rings is 1. The van der Waals surface area contributed by atoms with E-state index in [0.717, 1.165) is 4.88 Å². The van der Waals surface area contributed by atoms with E-state index in [-0.39, 0.29) is 11.3 Å². The summed E-state index contributed by atoms with van der Waals surface area (Å²) < 4.78 is 0. The number of nitro groups is 1. The molecule has 1 aromatic carbocycles. The Balaban J connectivity index is 2.17. The molecule has 0 N–H and O–H groups in total. The van der Waals surface area contributed by atoms with Crippen LogP contribution in [0.15, 0.2) is 46.9 Å². The molecule has 0 atom stereocenters. The molecule has 0 spiro atoms. The first-order chi connectivity index (χ1) is 9.59. The first kappa shape index (κ1) is 13.9. The smallest absolute Gasteiger partial charge is 0.312 e. The second-order valence-corrected chi connectivity index (χ2v) is 4.75. The molecule has 0 saturated carbocycles. The minimum Gasteiger partial charge on any atom is -0.312 e. The molecular formula is C13H10N2O4S. The van der Waals surface area contributed by atoms with Crippen LogP contribution in [0.4, 0.5) is 5.69 Å². The quantitative estimate of drug-likeness (QED) is 0.374. The number of carbonyl (C=O) groups excluding carboxylic acids is 1. The molecule has 20 heavy (non-hydrogen) atoms. The summed E-state index contributed by atoms with van der Waals surface area (Å²) >= 11 is 1.46. The van der Waals surface area contributed by atoms with Gasteiger partial charge in [-0.2, -0.15) is 0 Å². The Hall–Kier alpha value is -2.54. The fourth-order valence-electron chi connectivity index (χ4n) is 1.49. The molecule has 0 bridgehead atoms. The lowest BCUT2D eigenvalue weighted by atomic mass is 10.2. The molecule has 7 heteroatoms. The van der Waals surface area contributed by atoms with Crippen LogP contribution in [0.2, 0.25) is 0 Å². The van der Waals surface area contributed by atoms with E-state index >= 15 is 0 Å². The van der Waals surface area contributed by atoms with Gasteiger partial charge in [0.15, 0.2) is 0 Å². The van der Waals surface area contributed by atoms with Crippen molar-refractivity contribution in [2.24, 2.45) is 5.16 Å². The second-order valence-electron chi connectivity index (χ2n) is 3.81. The molecule has 0 aliphatic carbocycles. The predicted octanol–water partition coefficient (Wildman–Crippen LogP) is 3.24. The van der Waals surface area contributed by atoms with Crippen LogP contribution in [-0.2, 0) is 4.84 Å². The normalized spacial score (nSPS) is 11.2. The van der Waals surface area contributed by atoms with Gasteiger partial charge in [-0.3, -0.25) is 10.1 Å². The Kier molecular flexibility index (Phi) is 4.21. The van der Waals surface area contributed by atoms with Crippen LogP contribution < -0.4 is 0 Å². The largest absolute Gasteiger partial charge is 0.372 e. The molecule has 0 amide bonds. The molecule has 0 unspecified atom stereocenters. The van der Waals surface area contributed by atoms with Gasteiger partial charge in [-0.15, -0.1) is 11.3 Å². The summed E-state index contributed by atoms with van der Waals surface area (Å²) in [6.07, 6.45) is 0. The summed E-state index contributed by atoms with van der Waals surface area (Å²) in [7, 11) is 0. The number of para-hydroxylation sites is 1. The van der Waals surface area contributed by atoms with Crippen molar-refractivity contribution in [2.75, 3.05) is 0 Å². The van der Waals surface area contributed by atoms with Crippen LogP contribution in [0.1, 0.15) is 22.2 Å². The number of nitro benzene ring substituents is 1. The van der Waals surface area contributed by atoms with E-state index in [9.17, 15) is 14.9 Å². The number of rotatable bonds is 4. The lowest BCUT2D eigenvalue weighted by Crippen LogP contribution is -2.06. The Morgan fingerprint density at radius 1 is 1.30 bits per heavy atom. The van der Waals surface area contributed by atoms with E-state index in [1.54, 1.807) is 6.92 Å². The Morgan fingerprint density at radius 3 is 2.70 bits per heavy atom. The van der Waals surface area contributed by atoms with Gasteiger partial charge in [-0.1, -0.05) is 23.4 Å². The van der Waals surface area contributed by atoms with Gasteiger partial charge in [0.25, 0.3) is 5.69 Å². The molecule has 0 aliphatic rings. The number of nitrogens with zero attached hydrogens (tertiary/aromatic N) is 2. The highest BCUT2D eigenvalue weighted by atomic mass is 32.1. The van der Waals surface area contributed by atoms with Crippen molar-refractivity contribution in [3.05, 3.63) is 62.3 Å². The SMILES string of the molecule is C/C(=N\OC(=O)c1ccccc1[N+](=O)[O-])c1cccs1. The summed E-state index contributed by atoms with van der Waals surface area (Å²) in [6.45, 7) is 1.69. The molecule has 1 aromatic heterocycles. The maximum absolute atomic E-state index is 11.8. The highest BCUT2D eigenvalue weighted by molar-refractivity contribution is 7.12. The van der Waals surface area contributed by atoms with Crippen molar-refractivity contribution in [3.8, 4) is 0 Å². The van der Waals surface area contributed by atoms with Crippen molar-refractivity contribution >= 4 is 28.7 Å². The monoisotopic (exact) mass is 290 g/mol. The third kappa shape index (κ3) is 3.07. The summed E-state index contributed by atoms with van der Waals surface area (Å²) in [5.74, 6) is -0.854. The van der Waals surface area contributed by atoms with Crippen molar-refractivity contribution in [2.45, 2.75) is 6.92 Å². The van der Waals surface area contributed by atoms with Crippen LogP contribution >= 0.6 is 11.3 Å². The average molecular weight is 290 g/mol. The first-order valence-corrected chi connectivity index (χ1v) is 6.51. The molecule has 1 heterocycles. The van der Waals surface area contributed by atoms with Crippen LogP contribution in [-0.4, -0.2) is 16.6 Å². The fourth-order valence-corrected chi connectivity index (χ4v) is 2.16. The molecule has 0 aliphatic heterocycles. The van der Waals surface area contributed by atoms with E-state index < -0.39 is 10.9 Å². The zero-order valence-corrected chi connectivity index (χ0v) is 11.3.